The Morgan fingerprint density at radius 1 is 0.909 bits per heavy atom. The predicted octanol–water partition coefficient (Wildman–Crippen LogP) is 5.14. The average Bonchev–Trinajstić information content (AvgIpc) is 2.85. The number of rotatable bonds is 6. The standard InChI is InChI=1S/C24H20F2N6O/c1-14-3-4-17(30-24(33)20-6-5-19(23(25)26)31-32-20)13-18(14)15-7-9-28-21(11-15)16-8-10-29-22(12-16)27-2/h3-13,23H,1-2H3,(H,27,29)(H,30,33). The van der Waals surface area contributed by atoms with Crippen LogP contribution in [-0.4, -0.2) is 33.1 Å². The zero-order valence-corrected chi connectivity index (χ0v) is 17.9. The van der Waals surface area contributed by atoms with Gasteiger partial charge in [0.05, 0.1) is 5.69 Å². The number of aromatic nitrogens is 4. The Hall–Kier alpha value is -4.27. The molecule has 0 unspecified atom stereocenters. The number of anilines is 2. The zero-order chi connectivity index (χ0) is 23.4. The molecule has 0 radical (unpaired) electrons. The van der Waals surface area contributed by atoms with Crippen molar-refractivity contribution in [2.75, 3.05) is 17.7 Å². The van der Waals surface area contributed by atoms with Gasteiger partial charge in [0.25, 0.3) is 12.3 Å². The SMILES string of the molecule is CNc1cc(-c2cc(-c3cc(NC(=O)c4ccc(C(F)F)nn4)ccc3C)ccn2)ccn1. The van der Waals surface area contributed by atoms with E-state index in [2.05, 4.69) is 30.8 Å². The Balaban J connectivity index is 1.60. The van der Waals surface area contributed by atoms with Crippen LogP contribution in [0.5, 0.6) is 0 Å². The van der Waals surface area contributed by atoms with Gasteiger partial charge in [0.2, 0.25) is 0 Å². The van der Waals surface area contributed by atoms with Gasteiger partial charge >= 0.3 is 0 Å². The molecule has 9 heteroatoms. The maximum Gasteiger partial charge on any atom is 0.282 e. The number of pyridine rings is 2. The van der Waals surface area contributed by atoms with Crippen LogP contribution in [0.2, 0.25) is 0 Å². The van der Waals surface area contributed by atoms with E-state index in [9.17, 15) is 13.6 Å². The summed E-state index contributed by atoms with van der Waals surface area (Å²) in [7, 11) is 1.80. The maximum absolute atomic E-state index is 12.7. The molecule has 0 bridgehead atoms. The van der Waals surface area contributed by atoms with Crippen molar-refractivity contribution in [3.63, 3.8) is 0 Å². The van der Waals surface area contributed by atoms with E-state index in [4.69, 9.17) is 0 Å². The van der Waals surface area contributed by atoms with Crippen LogP contribution in [0.3, 0.4) is 0 Å². The lowest BCUT2D eigenvalue weighted by Gasteiger charge is -2.12. The summed E-state index contributed by atoms with van der Waals surface area (Å²) in [4.78, 5) is 21.2. The number of aryl methyl sites for hydroxylation is 1. The summed E-state index contributed by atoms with van der Waals surface area (Å²) >= 11 is 0. The Bertz CT molecular complexity index is 1290. The van der Waals surface area contributed by atoms with Crippen LogP contribution >= 0.6 is 0 Å². The van der Waals surface area contributed by atoms with Gasteiger partial charge in [-0.25, -0.2) is 13.8 Å². The number of nitrogens with zero attached hydrogens (tertiary/aromatic N) is 4. The number of benzene rings is 1. The molecule has 3 aromatic heterocycles. The molecule has 33 heavy (non-hydrogen) atoms. The van der Waals surface area contributed by atoms with Crippen molar-refractivity contribution in [2.45, 2.75) is 13.3 Å². The van der Waals surface area contributed by atoms with Crippen LogP contribution < -0.4 is 10.6 Å². The van der Waals surface area contributed by atoms with Crippen LogP contribution in [0.25, 0.3) is 22.4 Å². The first-order valence-corrected chi connectivity index (χ1v) is 10.1. The second kappa shape index (κ2) is 9.47. The summed E-state index contributed by atoms with van der Waals surface area (Å²) in [6.07, 6.45) is 0.708. The maximum atomic E-state index is 12.7. The van der Waals surface area contributed by atoms with Crippen molar-refractivity contribution in [1.82, 2.24) is 20.2 Å². The molecule has 0 aliphatic rings. The van der Waals surface area contributed by atoms with Gasteiger partial charge in [-0.3, -0.25) is 9.78 Å². The molecule has 0 spiro atoms. The molecule has 0 aliphatic heterocycles. The summed E-state index contributed by atoms with van der Waals surface area (Å²) in [5.74, 6) is 0.204. The van der Waals surface area contributed by atoms with Crippen LogP contribution in [0, 0.1) is 6.92 Å². The minimum atomic E-state index is -2.74. The fourth-order valence-electron chi connectivity index (χ4n) is 3.27. The molecule has 0 saturated heterocycles. The van der Waals surface area contributed by atoms with Gasteiger partial charge in [0, 0.05) is 30.7 Å². The lowest BCUT2D eigenvalue weighted by atomic mass is 9.99. The molecule has 7 nitrogen and oxygen atoms in total. The number of hydrogen-bond donors (Lipinski definition) is 2. The number of carbonyl (C=O) groups excluding carboxylic acids is 1. The van der Waals surface area contributed by atoms with Crippen LogP contribution in [0.1, 0.15) is 28.2 Å². The summed E-state index contributed by atoms with van der Waals surface area (Å²) in [6, 6.07) is 15.5. The molecule has 4 rings (SSSR count). The van der Waals surface area contributed by atoms with Crippen LogP contribution in [-0.2, 0) is 0 Å². The molecule has 0 atom stereocenters. The van der Waals surface area contributed by atoms with Gasteiger partial charge in [-0.1, -0.05) is 6.07 Å². The summed E-state index contributed by atoms with van der Waals surface area (Å²) in [6.45, 7) is 1.97. The van der Waals surface area contributed by atoms with Crippen molar-refractivity contribution in [2.24, 2.45) is 0 Å². The van der Waals surface area contributed by atoms with Gasteiger partial charge in [-0.2, -0.15) is 0 Å². The first-order chi connectivity index (χ1) is 15.9. The Morgan fingerprint density at radius 3 is 2.42 bits per heavy atom. The molecule has 2 N–H and O–H groups in total. The van der Waals surface area contributed by atoms with Crippen molar-refractivity contribution in [3.05, 3.63) is 83.9 Å². The molecule has 1 amide bonds. The number of amides is 1. The number of nitrogens with one attached hydrogen (secondary N) is 2. The molecule has 4 aromatic rings. The average molecular weight is 446 g/mol. The Labute approximate surface area is 189 Å². The monoisotopic (exact) mass is 446 g/mol. The van der Waals surface area contributed by atoms with E-state index < -0.39 is 18.0 Å². The summed E-state index contributed by atoms with van der Waals surface area (Å²) < 4.78 is 25.3. The summed E-state index contributed by atoms with van der Waals surface area (Å²) in [5, 5.41) is 12.7. The Kier molecular flexibility index (Phi) is 6.30. The van der Waals surface area contributed by atoms with Gasteiger partial charge in [0.15, 0.2) is 5.69 Å². The summed E-state index contributed by atoms with van der Waals surface area (Å²) in [5.41, 5.74) is 4.58. The fourth-order valence-corrected chi connectivity index (χ4v) is 3.27. The van der Waals surface area contributed by atoms with E-state index in [1.807, 2.05) is 43.3 Å². The lowest BCUT2D eigenvalue weighted by molar-refractivity contribution is 0.101. The van der Waals surface area contributed by atoms with Gasteiger partial charge < -0.3 is 10.6 Å². The smallest absolute Gasteiger partial charge is 0.282 e. The van der Waals surface area contributed by atoms with E-state index in [-0.39, 0.29) is 5.69 Å². The van der Waals surface area contributed by atoms with Crippen LogP contribution in [0.4, 0.5) is 20.3 Å². The second-order valence-electron chi connectivity index (χ2n) is 7.24. The molecule has 166 valence electrons. The highest BCUT2D eigenvalue weighted by atomic mass is 19.3. The quantitative estimate of drug-likeness (QED) is 0.426. The van der Waals surface area contributed by atoms with Crippen molar-refractivity contribution in [3.8, 4) is 22.4 Å². The van der Waals surface area contributed by atoms with E-state index in [0.717, 1.165) is 39.8 Å². The van der Waals surface area contributed by atoms with E-state index in [1.165, 1.54) is 6.07 Å². The largest absolute Gasteiger partial charge is 0.373 e. The number of halogens is 2. The molecule has 0 fully saturated rings. The molecule has 1 aromatic carbocycles. The molecular weight excluding hydrogens is 426 g/mol. The van der Waals surface area contributed by atoms with Crippen molar-refractivity contribution >= 4 is 17.4 Å². The number of hydrogen-bond acceptors (Lipinski definition) is 6. The third-order valence-electron chi connectivity index (χ3n) is 5.02. The molecule has 3 heterocycles. The Morgan fingerprint density at radius 2 is 1.70 bits per heavy atom. The highest BCUT2D eigenvalue weighted by Gasteiger charge is 2.14. The van der Waals surface area contributed by atoms with E-state index in [1.54, 1.807) is 25.5 Å². The third kappa shape index (κ3) is 4.98. The highest BCUT2D eigenvalue weighted by Crippen LogP contribution is 2.30. The highest BCUT2D eigenvalue weighted by molar-refractivity contribution is 6.03. The van der Waals surface area contributed by atoms with Gasteiger partial charge in [-0.15, -0.1) is 10.2 Å². The number of carbonyl (C=O) groups is 1. The van der Waals surface area contributed by atoms with Crippen molar-refractivity contribution in [1.29, 1.82) is 0 Å². The van der Waals surface area contributed by atoms with Gasteiger partial charge in [0.1, 0.15) is 11.5 Å². The minimum Gasteiger partial charge on any atom is -0.373 e. The predicted molar refractivity (Wildman–Crippen MR) is 122 cm³/mol. The topological polar surface area (TPSA) is 92.7 Å². The lowest BCUT2D eigenvalue weighted by Crippen LogP contribution is -2.15. The number of alkyl halides is 2. The molecular formula is C24H20F2N6O. The fraction of sp³-hybridized carbons (Fsp3) is 0.125. The van der Waals surface area contributed by atoms with E-state index in [0.29, 0.717) is 5.69 Å². The van der Waals surface area contributed by atoms with E-state index >= 15 is 0 Å². The second-order valence-corrected chi connectivity index (χ2v) is 7.24. The first kappa shape index (κ1) is 21.9. The normalized spacial score (nSPS) is 10.8. The van der Waals surface area contributed by atoms with Gasteiger partial charge in [-0.05, 0) is 72.1 Å². The third-order valence-corrected chi connectivity index (χ3v) is 5.02. The minimum absolute atomic E-state index is 0.0502. The zero-order valence-electron chi connectivity index (χ0n) is 17.9. The van der Waals surface area contributed by atoms with Crippen LogP contribution in [0.15, 0.2) is 67.0 Å². The molecule has 0 saturated carbocycles. The first-order valence-electron chi connectivity index (χ1n) is 10.1. The molecule has 0 aliphatic carbocycles. The van der Waals surface area contributed by atoms with Crippen molar-refractivity contribution < 1.29 is 13.6 Å².